The van der Waals surface area contributed by atoms with Crippen molar-refractivity contribution in [3.8, 4) is 5.75 Å². The van der Waals surface area contributed by atoms with Crippen molar-refractivity contribution in [3.63, 3.8) is 0 Å². The van der Waals surface area contributed by atoms with Crippen LogP contribution >= 0.6 is 0 Å². The summed E-state index contributed by atoms with van der Waals surface area (Å²) in [4.78, 5) is 29.8. The van der Waals surface area contributed by atoms with E-state index in [0.29, 0.717) is 37.7 Å². The molecular formula is C18H18FN3O4. The van der Waals surface area contributed by atoms with Crippen LogP contribution in [0.3, 0.4) is 0 Å². The van der Waals surface area contributed by atoms with Gasteiger partial charge in [-0.2, -0.15) is 0 Å². The molecule has 1 N–H and O–H groups in total. The number of nitrogens with zero attached hydrogens (tertiary/aromatic N) is 2. The maximum Gasteiger partial charge on any atom is 0.274 e. The Kier molecular flexibility index (Phi) is 5.75. The minimum atomic E-state index is -0.521. The van der Waals surface area contributed by atoms with Gasteiger partial charge in [0.25, 0.3) is 11.8 Å². The molecule has 1 saturated heterocycles. The zero-order chi connectivity index (χ0) is 18.4. The van der Waals surface area contributed by atoms with Gasteiger partial charge in [0, 0.05) is 13.1 Å². The first-order valence-electron chi connectivity index (χ1n) is 8.14. The maximum absolute atomic E-state index is 12.9. The van der Waals surface area contributed by atoms with Gasteiger partial charge in [-0.15, -0.1) is 0 Å². The highest BCUT2D eigenvalue weighted by molar-refractivity contribution is 6.03. The Morgan fingerprint density at radius 3 is 2.69 bits per heavy atom. The van der Waals surface area contributed by atoms with Crippen molar-refractivity contribution in [3.05, 3.63) is 54.1 Å². The number of hydrogen-bond acceptors (Lipinski definition) is 5. The van der Waals surface area contributed by atoms with Gasteiger partial charge in [-0.1, -0.05) is 12.1 Å². The van der Waals surface area contributed by atoms with Crippen LogP contribution in [0.2, 0.25) is 0 Å². The standard InChI is InChI=1S/C18H18FN3O4/c19-13-5-6-15(20-11-13)18(24)21-14-3-1-2-4-16(14)26-12-17(23)22-7-9-25-10-8-22/h1-6,11H,7-10,12H2,(H,21,24). The van der Waals surface area contributed by atoms with Crippen molar-refractivity contribution in [1.82, 2.24) is 9.88 Å². The molecule has 0 spiro atoms. The number of carbonyl (C=O) groups is 2. The van der Waals surface area contributed by atoms with Crippen molar-refractivity contribution in [2.45, 2.75) is 0 Å². The van der Waals surface area contributed by atoms with Gasteiger partial charge < -0.3 is 19.7 Å². The molecular weight excluding hydrogens is 341 g/mol. The molecule has 1 fully saturated rings. The molecule has 1 aliphatic rings. The van der Waals surface area contributed by atoms with Crippen LogP contribution < -0.4 is 10.1 Å². The summed E-state index contributed by atoms with van der Waals surface area (Å²) in [5.41, 5.74) is 0.476. The highest BCUT2D eigenvalue weighted by Crippen LogP contribution is 2.24. The van der Waals surface area contributed by atoms with E-state index in [-0.39, 0.29) is 18.2 Å². The van der Waals surface area contributed by atoms with E-state index in [1.54, 1.807) is 29.2 Å². The minimum Gasteiger partial charge on any atom is -0.482 e. The van der Waals surface area contributed by atoms with E-state index in [2.05, 4.69) is 10.3 Å². The van der Waals surface area contributed by atoms with Crippen LogP contribution in [-0.4, -0.2) is 54.6 Å². The average Bonchev–Trinajstić information content (AvgIpc) is 2.68. The highest BCUT2D eigenvalue weighted by Gasteiger charge is 2.18. The summed E-state index contributed by atoms with van der Waals surface area (Å²) >= 11 is 0. The second-order valence-electron chi connectivity index (χ2n) is 5.59. The Labute approximate surface area is 149 Å². The van der Waals surface area contributed by atoms with Crippen molar-refractivity contribution in [2.24, 2.45) is 0 Å². The van der Waals surface area contributed by atoms with Crippen molar-refractivity contribution in [1.29, 1.82) is 0 Å². The number of nitrogens with one attached hydrogen (secondary N) is 1. The number of aromatic nitrogens is 1. The minimum absolute atomic E-state index is 0.0746. The molecule has 2 heterocycles. The zero-order valence-electron chi connectivity index (χ0n) is 14.0. The van der Waals surface area contributed by atoms with Crippen molar-refractivity contribution >= 4 is 17.5 Å². The van der Waals surface area contributed by atoms with Crippen LogP contribution in [0.25, 0.3) is 0 Å². The summed E-state index contributed by atoms with van der Waals surface area (Å²) in [7, 11) is 0. The third-order valence-electron chi connectivity index (χ3n) is 3.81. The summed E-state index contributed by atoms with van der Waals surface area (Å²) in [6.45, 7) is 1.97. The number of amides is 2. The fourth-order valence-electron chi connectivity index (χ4n) is 2.44. The second-order valence-corrected chi connectivity index (χ2v) is 5.59. The summed E-state index contributed by atoms with van der Waals surface area (Å²) < 4.78 is 23.7. The lowest BCUT2D eigenvalue weighted by Gasteiger charge is -2.26. The third-order valence-corrected chi connectivity index (χ3v) is 3.81. The van der Waals surface area contributed by atoms with Gasteiger partial charge in [-0.05, 0) is 24.3 Å². The molecule has 2 amide bonds. The van der Waals surface area contributed by atoms with E-state index >= 15 is 0 Å². The molecule has 1 aliphatic heterocycles. The van der Waals surface area contributed by atoms with Crippen LogP contribution in [0.4, 0.5) is 10.1 Å². The number of carbonyl (C=O) groups excluding carboxylic acids is 2. The lowest BCUT2D eigenvalue weighted by molar-refractivity contribution is -0.137. The molecule has 1 aromatic carbocycles. The van der Waals surface area contributed by atoms with Gasteiger partial charge in [-0.3, -0.25) is 9.59 Å². The van der Waals surface area contributed by atoms with Crippen LogP contribution in [-0.2, 0) is 9.53 Å². The molecule has 7 nitrogen and oxygen atoms in total. The summed E-state index contributed by atoms with van der Waals surface area (Å²) in [6.07, 6.45) is 0.971. The molecule has 136 valence electrons. The number of anilines is 1. The molecule has 0 radical (unpaired) electrons. The quantitative estimate of drug-likeness (QED) is 0.879. The van der Waals surface area contributed by atoms with Crippen molar-refractivity contribution < 1.29 is 23.5 Å². The molecule has 0 atom stereocenters. The molecule has 0 saturated carbocycles. The first-order chi connectivity index (χ1) is 12.6. The summed E-state index contributed by atoms with van der Waals surface area (Å²) in [5.74, 6) is -0.799. The van der Waals surface area contributed by atoms with Crippen LogP contribution in [0.5, 0.6) is 5.75 Å². The number of para-hydroxylation sites is 2. The number of morpholine rings is 1. The molecule has 0 bridgehead atoms. The molecule has 3 rings (SSSR count). The Balaban J connectivity index is 1.63. The van der Waals surface area contributed by atoms with Gasteiger partial charge in [0.15, 0.2) is 6.61 Å². The Bertz CT molecular complexity index is 776. The third kappa shape index (κ3) is 4.54. The Morgan fingerprint density at radius 1 is 1.19 bits per heavy atom. The van der Waals surface area contributed by atoms with Gasteiger partial charge in [0.2, 0.25) is 0 Å². The lowest BCUT2D eigenvalue weighted by atomic mass is 10.2. The fraction of sp³-hybridized carbons (Fsp3) is 0.278. The van der Waals surface area contributed by atoms with E-state index in [9.17, 15) is 14.0 Å². The Hall–Kier alpha value is -3.00. The predicted octanol–water partition coefficient (Wildman–Crippen LogP) is 1.71. The maximum atomic E-state index is 12.9. The molecule has 26 heavy (non-hydrogen) atoms. The number of ether oxygens (including phenoxy) is 2. The van der Waals surface area contributed by atoms with Crippen LogP contribution in [0.15, 0.2) is 42.6 Å². The number of halogens is 1. The topological polar surface area (TPSA) is 80.8 Å². The van der Waals surface area contributed by atoms with E-state index in [0.717, 1.165) is 12.3 Å². The number of benzene rings is 1. The smallest absolute Gasteiger partial charge is 0.274 e. The van der Waals surface area contributed by atoms with E-state index in [1.165, 1.54) is 6.07 Å². The fourth-order valence-corrected chi connectivity index (χ4v) is 2.44. The van der Waals surface area contributed by atoms with Gasteiger partial charge in [0.1, 0.15) is 17.3 Å². The molecule has 1 aromatic heterocycles. The normalized spacial score (nSPS) is 14.0. The predicted molar refractivity (Wildman–Crippen MR) is 91.5 cm³/mol. The first-order valence-corrected chi connectivity index (χ1v) is 8.14. The van der Waals surface area contributed by atoms with Gasteiger partial charge in [-0.25, -0.2) is 9.37 Å². The second kappa shape index (κ2) is 8.39. The number of pyridine rings is 1. The largest absolute Gasteiger partial charge is 0.482 e. The lowest BCUT2D eigenvalue weighted by Crippen LogP contribution is -2.43. The summed E-state index contributed by atoms with van der Waals surface area (Å²) in [5, 5.41) is 2.66. The SMILES string of the molecule is O=C(Nc1ccccc1OCC(=O)N1CCOCC1)c1ccc(F)cn1. The Morgan fingerprint density at radius 2 is 1.96 bits per heavy atom. The van der Waals surface area contributed by atoms with Crippen LogP contribution in [0, 0.1) is 5.82 Å². The van der Waals surface area contributed by atoms with Crippen molar-refractivity contribution in [2.75, 3.05) is 38.2 Å². The van der Waals surface area contributed by atoms with Gasteiger partial charge in [0.05, 0.1) is 25.1 Å². The first kappa shape index (κ1) is 17.8. The molecule has 0 aliphatic carbocycles. The highest BCUT2D eigenvalue weighted by atomic mass is 19.1. The molecule has 0 unspecified atom stereocenters. The van der Waals surface area contributed by atoms with E-state index in [4.69, 9.17) is 9.47 Å². The molecule has 8 heteroatoms. The van der Waals surface area contributed by atoms with E-state index in [1.807, 2.05) is 0 Å². The molecule has 2 aromatic rings. The average molecular weight is 359 g/mol. The van der Waals surface area contributed by atoms with Crippen LogP contribution in [0.1, 0.15) is 10.5 Å². The number of rotatable bonds is 5. The monoisotopic (exact) mass is 359 g/mol. The van der Waals surface area contributed by atoms with Gasteiger partial charge >= 0.3 is 0 Å². The van der Waals surface area contributed by atoms with E-state index < -0.39 is 11.7 Å². The summed E-state index contributed by atoms with van der Waals surface area (Å²) in [6, 6.07) is 9.21. The zero-order valence-corrected chi connectivity index (χ0v) is 14.0. The number of hydrogen-bond donors (Lipinski definition) is 1.